The third kappa shape index (κ3) is 4.13. The number of aryl methyl sites for hydroxylation is 3. The molecular weight excluding hydrogens is 420 g/mol. The van der Waals surface area contributed by atoms with Gasteiger partial charge in [0.1, 0.15) is 5.84 Å². The monoisotopic (exact) mass is 446 g/mol. The molecule has 0 saturated heterocycles. The molecule has 0 fully saturated rings. The number of aromatic nitrogens is 5. The van der Waals surface area contributed by atoms with Crippen LogP contribution in [0.4, 0.5) is 5.95 Å². The summed E-state index contributed by atoms with van der Waals surface area (Å²) in [6, 6.07) is 13.5. The van der Waals surface area contributed by atoms with Crippen LogP contribution in [0.1, 0.15) is 17.8 Å². The molecule has 1 aromatic carbocycles. The predicted molar refractivity (Wildman–Crippen MR) is 128 cm³/mol. The summed E-state index contributed by atoms with van der Waals surface area (Å²) in [4.78, 5) is 22.3. The van der Waals surface area contributed by atoms with Crippen molar-refractivity contribution < 1.29 is 0 Å². The van der Waals surface area contributed by atoms with Crippen LogP contribution < -0.4 is 23.1 Å². The Morgan fingerprint density at radius 2 is 1.76 bits per heavy atom. The Hall–Kier alpha value is -4.25. The fourth-order valence-corrected chi connectivity index (χ4v) is 3.84. The molecule has 0 aliphatic heterocycles. The van der Waals surface area contributed by atoms with Crippen LogP contribution in [0.25, 0.3) is 28.0 Å². The minimum absolute atomic E-state index is 0.0509. The molecule has 0 atom stereocenters. The number of fused-ring (bicyclic) bond motifs is 1. The van der Waals surface area contributed by atoms with Crippen molar-refractivity contribution in [3.63, 3.8) is 0 Å². The molecule has 170 valence electrons. The van der Waals surface area contributed by atoms with E-state index in [1.54, 1.807) is 7.05 Å². The van der Waals surface area contributed by atoms with Gasteiger partial charge in [-0.3, -0.25) is 4.98 Å². The van der Waals surface area contributed by atoms with Crippen LogP contribution in [0, 0.1) is 13.8 Å². The van der Waals surface area contributed by atoms with Crippen LogP contribution in [0.3, 0.4) is 0 Å². The smallest absolute Gasteiger partial charge is 0.353 e. The molecule has 0 unspecified atom stereocenters. The highest BCUT2D eigenvalue weighted by molar-refractivity contribution is 5.90. The van der Waals surface area contributed by atoms with Gasteiger partial charge in [0.2, 0.25) is 5.95 Å². The standard InChI is InChI=1S/C22H26N10O/c1-13-11-16(12-14(2)26-13)18-19(15-7-5-4-6-8-15)27-21(23)32-20(18)29-31(22(32)33)10-9-17(28-24)30(3)25/h4-8,11-12H,9-10,24-25H2,1-3H3,(H2,23,27)/b28-17-. The highest BCUT2D eigenvalue weighted by Crippen LogP contribution is 2.34. The quantitative estimate of drug-likeness (QED) is 0.179. The number of nitrogens with zero attached hydrogens (tertiary/aromatic N) is 7. The number of hydrogen-bond donors (Lipinski definition) is 3. The highest BCUT2D eigenvalue weighted by Gasteiger charge is 2.22. The van der Waals surface area contributed by atoms with Crippen molar-refractivity contribution in [2.45, 2.75) is 26.8 Å². The molecule has 6 N–H and O–H groups in total. The van der Waals surface area contributed by atoms with E-state index in [-0.39, 0.29) is 12.5 Å². The molecule has 0 saturated carbocycles. The van der Waals surface area contributed by atoms with Gasteiger partial charge in [0, 0.05) is 30.4 Å². The molecule has 4 rings (SSSR count). The average molecular weight is 447 g/mol. The maximum absolute atomic E-state index is 13.2. The first-order valence-corrected chi connectivity index (χ1v) is 10.4. The highest BCUT2D eigenvalue weighted by atomic mass is 16.2. The van der Waals surface area contributed by atoms with E-state index >= 15 is 0 Å². The van der Waals surface area contributed by atoms with Crippen molar-refractivity contribution in [1.29, 1.82) is 0 Å². The average Bonchev–Trinajstić information content (AvgIpc) is 3.10. The summed E-state index contributed by atoms with van der Waals surface area (Å²) < 4.78 is 2.64. The Morgan fingerprint density at radius 3 is 2.36 bits per heavy atom. The number of nitrogen functional groups attached to an aromatic ring is 1. The molecule has 4 aromatic rings. The molecule has 33 heavy (non-hydrogen) atoms. The second-order valence-corrected chi connectivity index (χ2v) is 7.77. The Balaban J connectivity index is 1.99. The molecule has 0 radical (unpaired) electrons. The summed E-state index contributed by atoms with van der Waals surface area (Å²) in [6.07, 6.45) is 0.314. The van der Waals surface area contributed by atoms with Gasteiger partial charge in [0.15, 0.2) is 5.65 Å². The van der Waals surface area contributed by atoms with Crippen molar-refractivity contribution >= 4 is 17.4 Å². The summed E-state index contributed by atoms with van der Waals surface area (Å²) in [5.74, 6) is 11.6. The normalized spacial score (nSPS) is 11.8. The molecule has 0 bridgehead atoms. The number of benzene rings is 1. The summed E-state index contributed by atoms with van der Waals surface area (Å²) in [5, 5.41) is 9.60. The van der Waals surface area contributed by atoms with Gasteiger partial charge in [-0.05, 0) is 31.5 Å². The zero-order chi connectivity index (χ0) is 23.7. The number of pyridine rings is 1. The number of rotatable bonds is 5. The van der Waals surface area contributed by atoms with Gasteiger partial charge in [-0.25, -0.2) is 24.7 Å². The predicted octanol–water partition coefficient (Wildman–Crippen LogP) is 1.29. The maximum Gasteiger partial charge on any atom is 0.353 e. The van der Waals surface area contributed by atoms with Crippen LogP contribution in [-0.2, 0) is 6.54 Å². The first-order chi connectivity index (χ1) is 15.8. The number of hydrogen-bond acceptors (Lipinski definition) is 8. The van der Waals surface area contributed by atoms with Gasteiger partial charge in [-0.15, -0.1) is 5.10 Å². The van der Waals surface area contributed by atoms with Crippen LogP contribution in [0.5, 0.6) is 0 Å². The third-order valence-electron chi connectivity index (χ3n) is 5.28. The molecule has 0 spiro atoms. The summed E-state index contributed by atoms with van der Waals surface area (Å²) in [7, 11) is 1.62. The van der Waals surface area contributed by atoms with Crippen LogP contribution in [0.2, 0.25) is 0 Å². The minimum atomic E-state index is -0.408. The third-order valence-corrected chi connectivity index (χ3v) is 5.28. The number of anilines is 1. The molecule has 11 nitrogen and oxygen atoms in total. The zero-order valence-corrected chi connectivity index (χ0v) is 18.7. The maximum atomic E-state index is 13.2. The lowest BCUT2D eigenvalue weighted by Gasteiger charge is -2.13. The second-order valence-electron chi connectivity index (χ2n) is 7.77. The molecular formula is C22H26N10O. The molecule has 0 aliphatic rings. The van der Waals surface area contributed by atoms with E-state index in [0.29, 0.717) is 29.2 Å². The summed E-state index contributed by atoms with van der Waals surface area (Å²) in [5.41, 5.74) is 11.0. The van der Waals surface area contributed by atoms with Crippen molar-refractivity contribution in [1.82, 2.24) is 29.2 Å². The summed E-state index contributed by atoms with van der Waals surface area (Å²) in [6.45, 7) is 4.05. The SMILES string of the molecule is Cc1cc(-c2c(-c3ccccc3)nc(N)n3c(=O)n(CC/C(=N/N)N(C)N)nc23)cc(C)n1. The van der Waals surface area contributed by atoms with E-state index in [0.717, 1.165) is 22.5 Å². The van der Waals surface area contributed by atoms with Crippen molar-refractivity contribution in [3.8, 4) is 22.4 Å². The number of nitrogens with two attached hydrogens (primary N) is 3. The van der Waals surface area contributed by atoms with E-state index in [1.807, 2.05) is 56.3 Å². The Bertz CT molecular complexity index is 1380. The van der Waals surface area contributed by atoms with Gasteiger partial charge in [0.25, 0.3) is 0 Å². The zero-order valence-electron chi connectivity index (χ0n) is 18.7. The van der Waals surface area contributed by atoms with Crippen LogP contribution in [0.15, 0.2) is 52.4 Å². The first kappa shape index (κ1) is 22.0. The lowest BCUT2D eigenvalue weighted by atomic mass is 9.99. The lowest BCUT2D eigenvalue weighted by Crippen LogP contribution is -2.35. The van der Waals surface area contributed by atoms with Crippen molar-refractivity contribution in [2.24, 2.45) is 16.8 Å². The topological polar surface area (TPSA) is 159 Å². The molecule has 11 heteroatoms. The molecule has 0 amide bonds. The van der Waals surface area contributed by atoms with Crippen LogP contribution in [-0.4, -0.2) is 42.0 Å². The van der Waals surface area contributed by atoms with Gasteiger partial charge >= 0.3 is 5.69 Å². The van der Waals surface area contributed by atoms with Gasteiger partial charge in [-0.2, -0.15) is 5.10 Å². The Morgan fingerprint density at radius 1 is 1.09 bits per heavy atom. The van der Waals surface area contributed by atoms with E-state index in [9.17, 15) is 4.79 Å². The number of amidine groups is 1. The van der Waals surface area contributed by atoms with Gasteiger partial charge < -0.3 is 16.6 Å². The minimum Gasteiger partial charge on any atom is -0.369 e. The summed E-state index contributed by atoms with van der Waals surface area (Å²) >= 11 is 0. The molecule has 0 aliphatic carbocycles. The van der Waals surface area contributed by atoms with E-state index in [1.165, 1.54) is 14.1 Å². The number of hydrazone groups is 1. The van der Waals surface area contributed by atoms with Crippen molar-refractivity contribution in [3.05, 3.63) is 64.3 Å². The van der Waals surface area contributed by atoms with E-state index in [4.69, 9.17) is 17.4 Å². The van der Waals surface area contributed by atoms with Gasteiger partial charge in [0.05, 0.1) is 17.8 Å². The fourth-order valence-electron chi connectivity index (χ4n) is 3.84. The largest absolute Gasteiger partial charge is 0.369 e. The number of hydrazine groups is 1. The Kier molecular flexibility index (Phi) is 5.80. The van der Waals surface area contributed by atoms with Gasteiger partial charge in [-0.1, -0.05) is 30.3 Å². The second kappa shape index (κ2) is 8.71. The lowest BCUT2D eigenvalue weighted by molar-refractivity contribution is 0.502. The fraction of sp³-hybridized carbons (Fsp3) is 0.227. The molecule has 3 heterocycles. The first-order valence-electron chi connectivity index (χ1n) is 10.4. The molecule has 3 aromatic heterocycles. The van der Waals surface area contributed by atoms with Crippen molar-refractivity contribution in [2.75, 3.05) is 12.8 Å². The van der Waals surface area contributed by atoms with E-state index in [2.05, 4.69) is 20.2 Å². The Labute approximate surface area is 190 Å². The van der Waals surface area contributed by atoms with Crippen LogP contribution >= 0.6 is 0 Å². The van der Waals surface area contributed by atoms with E-state index < -0.39 is 5.69 Å².